The first-order valence-corrected chi connectivity index (χ1v) is 7.09. The van der Waals surface area contributed by atoms with E-state index in [1.165, 1.54) is 6.08 Å². The molecule has 3 N–H and O–H groups in total. The number of nitrogens with one attached hydrogen (secondary N) is 1. The van der Waals surface area contributed by atoms with Crippen LogP contribution in [0.25, 0.3) is 6.08 Å². The van der Waals surface area contributed by atoms with E-state index in [2.05, 4.69) is 4.72 Å². The molecule has 0 aliphatic carbocycles. The Hall–Kier alpha value is -1.70. The number of benzene rings is 1. The lowest BCUT2D eigenvalue weighted by atomic mass is 10.2. The molecule has 7 heteroatoms. The van der Waals surface area contributed by atoms with Crippen molar-refractivity contribution in [3.63, 3.8) is 0 Å². The number of hydrogen-bond acceptors (Lipinski definition) is 4. The van der Waals surface area contributed by atoms with Crippen molar-refractivity contribution in [3.05, 3.63) is 41.3 Å². The molecule has 1 unspecified atom stereocenters. The highest BCUT2D eigenvalue weighted by atomic mass is 32.2. The summed E-state index contributed by atoms with van der Waals surface area (Å²) in [7, 11) is -3.64. The van der Waals surface area contributed by atoms with E-state index >= 15 is 0 Å². The molecule has 0 fully saturated rings. The van der Waals surface area contributed by atoms with Gasteiger partial charge in [0.2, 0.25) is 10.0 Å². The number of carboxylic acid groups (broad SMARTS) is 1. The Labute approximate surface area is 111 Å². The summed E-state index contributed by atoms with van der Waals surface area (Å²) in [5.74, 6) is -1.38. The first-order valence-electron chi connectivity index (χ1n) is 5.54. The lowest BCUT2D eigenvalue weighted by Gasteiger charge is -2.05. The Morgan fingerprint density at radius 1 is 1.32 bits per heavy atom. The van der Waals surface area contributed by atoms with Crippen LogP contribution in [0, 0.1) is 0 Å². The normalized spacial score (nSPS) is 13.5. The molecule has 1 aromatic carbocycles. The largest absolute Gasteiger partial charge is 0.479 e. The van der Waals surface area contributed by atoms with Gasteiger partial charge in [-0.05, 0) is 18.1 Å². The van der Waals surface area contributed by atoms with Crippen molar-refractivity contribution in [2.24, 2.45) is 0 Å². The monoisotopic (exact) mass is 285 g/mol. The topological polar surface area (TPSA) is 104 Å². The van der Waals surface area contributed by atoms with Crippen molar-refractivity contribution in [3.8, 4) is 0 Å². The highest BCUT2D eigenvalue weighted by Crippen LogP contribution is 2.02. The minimum atomic E-state index is -3.64. The Bertz CT molecular complexity index is 538. The van der Waals surface area contributed by atoms with Crippen LogP contribution in [0.4, 0.5) is 0 Å². The van der Waals surface area contributed by atoms with Crippen molar-refractivity contribution >= 4 is 22.1 Å². The maximum Gasteiger partial charge on any atom is 0.332 e. The summed E-state index contributed by atoms with van der Waals surface area (Å²) in [6, 6.07) is 8.88. The van der Waals surface area contributed by atoms with Crippen LogP contribution in [0.5, 0.6) is 0 Å². The Morgan fingerprint density at radius 2 is 1.95 bits per heavy atom. The fourth-order valence-corrected chi connectivity index (χ4v) is 2.08. The van der Waals surface area contributed by atoms with E-state index in [-0.39, 0.29) is 13.0 Å². The van der Waals surface area contributed by atoms with Gasteiger partial charge in [0.15, 0.2) is 6.10 Å². The molecular weight excluding hydrogens is 270 g/mol. The minimum Gasteiger partial charge on any atom is -0.479 e. The SMILES string of the molecule is O=C(O)C(O)CCNS(=O)(=O)/C=C/c1ccccc1. The molecule has 1 rings (SSSR count). The third kappa shape index (κ3) is 6.14. The van der Waals surface area contributed by atoms with Crippen molar-refractivity contribution in [1.29, 1.82) is 0 Å². The number of hydrogen-bond donors (Lipinski definition) is 3. The number of aliphatic hydroxyl groups is 1. The van der Waals surface area contributed by atoms with Gasteiger partial charge < -0.3 is 10.2 Å². The maximum atomic E-state index is 11.5. The number of sulfonamides is 1. The van der Waals surface area contributed by atoms with Crippen LogP contribution >= 0.6 is 0 Å². The predicted molar refractivity (Wildman–Crippen MR) is 70.7 cm³/mol. The summed E-state index contributed by atoms with van der Waals surface area (Å²) in [5, 5.41) is 18.4. The fraction of sp³-hybridized carbons (Fsp3) is 0.250. The quantitative estimate of drug-likeness (QED) is 0.673. The first-order chi connectivity index (χ1) is 8.91. The van der Waals surface area contributed by atoms with E-state index in [0.29, 0.717) is 0 Å². The Morgan fingerprint density at radius 3 is 2.53 bits per heavy atom. The van der Waals surface area contributed by atoms with Crippen LogP contribution in [0.15, 0.2) is 35.7 Å². The van der Waals surface area contributed by atoms with Gasteiger partial charge >= 0.3 is 5.97 Å². The van der Waals surface area contributed by atoms with Crippen molar-refractivity contribution in [2.45, 2.75) is 12.5 Å². The number of aliphatic carboxylic acids is 1. The van der Waals surface area contributed by atoms with Gasteiger partial charge in [-0.2, -0.15) is 0 Å². The molecule has 0 radical (unpaired) electrons. The molecule has 0 spiro atoms. The van der Waals surface area contributed by atoms with Crippen molar-refractivity contribution in [2.75, 3.05) is 6.54 Å². The van der Waals surface area contributed by atoms with Gasteiger partial charge in [-0.25, -0.2) is 17.9 Å². The molecule has 19 heavy (non-hydrogen) atoms. The predicted octanol–water partition coefficient (Wildman–Crippen LogP) is 0.412. The molecule has 0 amide bonds. The molecule has 0 bridgehead atoms. The average molecular weight is 285 g/mol. The van der Waals surface area contributed by atoms with Gasteiger partial charge in [0.25, 0.3) is 0 Å². The minimum absolute atomic E-state index is 0.144. The van der Waals surface area contributed by atoms with Crippen LogP contribution in [0.1, 0.15) is 12.0 Å². The summed E-state index contributed by atoms with van der Waals surface area (Å²) in [6.45, 7) is -0.144. The molecule has 0 saturated carbocycles. The van der Waals surface area contributed by atoms with E-state index in [0.717, 1.165) is 11.0 Å². The third-order valence-corrected chi connectivity index (χ3v) is 3.35. The van der Waals surface area contributed by atoms with Gasteiger partial charge in [-0.15, -0.1) is 0 Å². The van der Waals surface area contributed by atoms with Gasteiger partial charge in [0.05, 0.1) is 0 Å². The molecule has 0 heterocycles. The fourth-order valence-electron chi connectivity index (χ4n) is 1.24. The lowest BCUT2D eigenvalue weighted by molar-refractivity contribution is -0.146. The number of carbonyl (C=O) groups is 1. The Kier molecular flexibility index (Phi) is 5.68. The second-order valence-corrected chi connectivity index (χ2v) is 5.45. The average Bonchev–Trinajstić information content (AvgIpc) is 2.37. The lowest BCUT2D eigenvalue weighted by Crippen LogP contribution is -2.28. The zero-order valence-corrected chi connectivity index (χ0v) is 10.9. The van der Waals surface area contributed by atoms with Gasteiger partial charge in [0, 0.05) is 12.0 Å². The van der Waals surface area contributed by atoms with E-state index in [1.807, 2.05) is 6.07 Å². The van der Waals surface area contributed by atoms with Crippen molar-refractivity contribution < 1.29 is 23.4 Å². The van der Waals surface area contributed by atoms with E-state index in [4.69, 9.17) is 10.2 Å². The zero-order valence-electron chi connectivity index (χ0n) is 10.1. The summed E-state index contributed by atoms with van der Waals surface area (Å²) < 4.78 is 25.2. The zero-order chi connectivity index (χ0) is 14.3. The van der Waals surface area contributed by atoms with Crippen LogP contribution in [0.3, 0.4) is 0 Å². The second kappa shape index (κ2) is 7.03. The molecule has 6 nitrogen and oxygen atoms in total. The summed E-state index contributed by atoms with van der Waals surface area (Å²) in [4.78, 5) is 10.3. The number of rotatable bonds is 7. The van der Waals surface area contributed by atoms with Crippen molar-refractivity contribution in [1.82, 2.24) is 4.72 Å². The third-order valence-electron chi connectivity index (χ3n) is 2.25. The van der Waals surface area contributed by atoms with Crippen LogP contribution in [0.2, 0.25) is 0 Å². The van der Waals surface area contributed by atoms with Gasteiger partial charge in [-0.1, -0.05) is 30.3 Å². The highest BCUT2D eigenvalue weighted by molar-refractivity contribution is 7.92. The number of carboxylic acids is 1. The summed E-state index contributed by atoms with van der Waals surface area (Å²) >= 11 is 0. The van der Waals surface area contributed by atoms with E-state index < -0.39 is 22.1 Å². The summed E-state index contributed by atoms with van der Waals surface area (Å²) in [5.41, 5.74) is 0.735. The second-order valence-electron chi connectivity index (χ2n) is 3.80. The summed E-state index contributed by atoms with van der Waals surface area (Å²) in [6.07, 6.45) is -0.329. The van der Waals surface area contributed by atoms with Crippen LogP contribution in [-0.4, -0.2) is 37.2 Å². The van der Waals surface area contributed by atoms with Crippen LogP contribution < -0.4 is 4.72 Å². The highest BCUT2D eigenvalue weighted by Gasteiger charge is 2.13. The van der Waals surface area contributed by atoms with E-state index in [1.54, 1.807) is 24.3 Å². The van der Waals surface area contributed by atoms with Gasteiger partial charge in [-0.3, -0.25) is 0 Å². The maximum absolute atomic E-state index is 11.5. The molecule has 1 aromatic rings. The molecule has 104 valence electrons. The standard InChI is InChI=1S/C12H15NO5S/c14-11(12(15)16)6-8-13-19(17,18)9-7-10-4-2-1-3-5-10/h1-5,7,9,11,13-14H,6,8H2,(H,15,16)/b9-7+. The molecular formula is C12H15NO5S. The molecule has 0 aliphatic rings. The van der Waals surface area contributed by atoms with E-state index in [9.17, 15) is 13.2 Å². The van der Waals surface area contributed by atoms with Gasteiger partial charge in [0.1, 0.15) is 0 Å². The Balaban J connectivity index is 2.49. The van der Waals surface area contributed by atoms with Crippen LogP contribution in [-0.2, 0) is 14.8 Å². The molecule has 1 atom stereocenters. The number of aliphatic hydroxyl groups excluding tert-OH is 1. The first kappa shape index (κ1) is 15.4. The molecule has 0 saturated heterocycles. The molecule has 0 aromatic heterocycles. The smallest absolute Gasteiger partial charge is 0.332 e. The molecule has 0 aliphatic heterocycles.